The Balaban J connectivity index is 0.000000148. The van der Waals surface area contributed by atoms with Crippen LogP contribution in [0.1, 0.15) is 64.5 Å². The quantitative estimate of drug-likeness (QED) is 0.0123. The van der Waals surface area contributed by atoms with Gasteiger partial charge < -0.3 is 37.9 Å². The van der Waals surface area contributed by atoms with Crippen LogP contribution in [0.3, 0.4) is 0 Å². The Morgan fingerprint density at radius 1 is 0.231 bits per heavy atom. The maximum Gasteiger partial charge on any atom is 0.336 e. The number of esters is 8. The van der Waals surface area contributed by atoms with Crippen LogP contribution in [-0.2, 0) is 64.9 Å². The second-order valence-corrected chi connectivity index (χ2v) is 40.6. The van der Waals surface area contributed by atoms with Crippen LogP contribution in [0.15, 0.2) is 249 Å². The minimum atomic E-state index is -1.37. The molecule has 0 unspecified atom stereocenters. The van der Waals surface area contributed by atoms with E-state index in [-0.39, 0.29) is 72.6 Å². The highest BCUT2D eigenvalue weighted by atomic mass is 127. The predicted molar refractivity (Wildman–Crippen MR) is 626 cm³/mol. The predicted octanol–water partition coefficient (Wildman–Crippen LogP) is 28.3. The maximum atomic E-state index is 12.4. The lowest BCUT2D eigenvalue weighted by molar-refractivity contribution is -0.142. The van der Waals surface area contributed by atoms with Gasteiger partial charge in [-0.1, -0.05) is 454 Å². The molecule has 0 amide bonds. The summed E-state index contributed by atoms with van der Waals surface area (Å²) in [6.45, 7) is 0. The first kappa shape index (κ1) is 106. The zero-order chi connectivity index (χ0) is 95.7. The minimum Gasteiger partial charge on any atom is -0.425 e. The van der Waals surface area contributed by atoms with Crippen LogP contribution in [0.5, 0.6) is 46.0 Å². The number of rotatable bonds is 21. The van der Waals surface area contributed by atoms with E-state index in [1.54, 1.807) is 42.5 Å². The number of benzene rings is 14. The first-order valence-electron chi connectivity index (χ1n) is 40.0. The van der Waals surface area contributed by atoms with E-state index >= 15 is 0 Å². The van der Waals surface area contributed by atoms with Crippen molar-refractivity contribution in [2.45, 2.75) is 41.0 Å². The number of carbonyl (C=O) groups is 11. The van der Waals surface area contributed by atoms with Gasteiger partial charge in [-0.05, 0) is 212 Å². The summed E-state index contributed by atoms with van der Waals surface area (Å²) < 4.78 is 50.8. The molecule has 0 saturated carbocycles. The van der Waals surface area contributed by atoms with Gasteiger partial charge >= 0.3 is 47.8 Å². The number of ether oxygens (including phenoxy) is 8. The summed E-state index contributed by atoms with van der Waals surface area (Å²) in [4.78, 5) is 128. The van der Waals surface area contributed by atoms with Crippen LogP contribution in [0, 0.1) is 0 Å². The Hall–Kier alpha value is -5.64. The van der Waals surface area contributed by atoms with Crippen LogP contribution >= 0.6 is 296 Å². The second kappa shape index (κ2) is 50.2. The number of Topliss-reactive ketones (excluding diaryl/α,β-unsaturated/α-hetero) is 3. The average Bonchev–Trinajstić information content (AvgIpc) is 1.18. The van der Waals surface area contributed by atoms with Gasteiger partial charge in [0.05, 0.1) is 22.1 Å². The fraction of sp³-hybridized carbons (Fsp3) is 0.139. The molecule has 682 valence electrons. The second-order valence-electron chi connectivity index (χ2n) is 29.4. The van der Waals surface area contributed by atoms with Gasteiger partial charge in [0.15, 0.2) is 51.8 Å². The van der Waals surface area contributed by atoms with Crippen molar-refractivity contribution in [3.8, 4) is 102 Å². The lowest BCUT2D eigenvalue weighted by Gasteiger charge is -2.16. The molecule has 14 aromatic rings. The van der Waals surface area contributed by atoms with Gasteiger partial charge in [-0.15, -0.1) is 0 Å². The van der Waals surface area contributed by atoms with Crippen LogP contribution in [-0.4, -0.2) is 102 Å². The molecular weight excluding hydrogens is 3150 g/mol. The van der Waals surface area contributed by atoms with Crippen molar-refractivity contribution in [1.82, 2.24) is 0 Å². The average molecular weight is 3220 g/mol. The van der Waals surface area contributed by atoms with E-state index < -0.39 is 50.3 Å². The third-order valence-electron chi connectivity index (χ3n) is 20.7. The third-order valence-corrected chi connectivity index (χ3v) is 31.5. The van der Waals surface area contributed by atoms with Crippen LogP contribution in [0.4, 0.5) is 0 Å². The summed E-state index contributed by atoms with van der Waals surface area (Å²) >= 11 is 33.2. The molecule has 134 heavy (non-hydrogen) atoms. The summed E-state index contributed by atoms with van der Waals surface area (Å²) in [6.07, 6.45) is 0. The van der Waals surface area contributed by atoms with Gasteiger partial charge in [0.25, 0.3) is 0 Å². The van der Waals surface area contributed by atoms with E-state index in [9.17, 15) is 52.7 Å². The summed E-state index contributed by atoms with van der Waals surface area (Å²) in [5, 5.41) is 4.03. The number of halogens is 14. The molecule has 0 radical (unpaired) electrons. The van der Waals surface area contributed by atoms with Crippen LogP contribution in [0.2, 0.25) is 0 Å². The van der Waals surface area contributed by atoms with E-state index in [1.807, 2.05) is 125 Å². The molecule has 33 heteroatoms. The molecule has 14 aromatic carbocycles. The summed E-state index contributed by atoms with van der Waals surface area (Å²) in [7, 11) is 0. The van der Waals surface area contributed by atoms with Crippen molar-refractivity contribution in [3.05, 3.63) is 299 Å². The number of fused-ring (bicyclic) bond motifs is 10. The topological polar surface area (TPSA) is 262 Å². The molecule has 0 aliphatic carbocycles. The molecule has 3 aliphatic rings. The number of hydrogen-bond acceptors (Lipinski definition) is 19. The number of alkyl halides is 14. The molecule has 0 atom stereocenters. The molecule has 0 N–H and O–H groups in total. The number of ketones is 3. The summed E-state index contributed by atoms with van der Waals surface area (Å²) in [6, 6.07) is 82.7. The lowest BCUT2D eigenvalue weighted by atomic mass is 9.92. The van der Waals surface area contributed by atoms with E-state index in [1.165, 1.54) is 125 Å². The van der Waals surface area contributed by atoms with Gasteiger partial charge in [-0.25, -0.2) is 28.8 Å². The Kier molecular flexibility index (Phi) is 39.6. The van der Waals surface area contributed by atoms with Gasteiger partial charge in [0, 0.05) is 54.0 Å². The monoisotopic (exact) mass is 3220 g/mol. The fourth-order valence-corrected chi connectivity index (χ4v) is 19.2. The van der Waals surface area contributed by atoms with Gasteiger partial charge in [-0.3, -0.25) is 24.0 Å². The molecule has 19 nitrogen and oxygen atoms in total. The third kappa shape index (κ3) is 26.4. The molecule has 17 rings (SSSR count). The fourth-order valence-electron chi connectivity index (χ4n) is 14.0. The number of carbonyl (C=O) groups excluding carboxylic acids is 11. The Bertz CT molecular complexity index is 6170. The standard InChI is InChI=1S/C27H9Br3O12.C27H21I3.C21H17I3.C14H10I2O4.C12H9I3O3/c28-19-22(31)37-13-1-7-8(2-14(13)38-23(19)32)10-4-17-18(42-27(36)21(30)26(35)41-17)6-12(10)11-5-16-15(3-9(7)11)39-24(33)20(29)25(34)40-16;28-16-19-1-7-22(8-2-19)25-13-26(23-9-3-20(17-29)4-10-23)15-27(14-25)24-11-5-21(18-30)6-12-24;22-12-15-1-5-18(6-2-15)20-9-17(14-24)10-21(11-20)19-7-3-16(13-23)4-8-19;15-7-13(17)19-11-5-1-3-9-10(11)4-2-6-12(9)20-14(18)8-16;13-4-10(16)7-1-8(11(17)5-14)3-9(2-7)12(18)6-15/h1-6,19-21H;1-15H,16-18H2;1-11H,12-14H2;1-6H,7-8H2;1-3H,4-6H2. The Morgan fingerprint density at radius 3 is 0.619 bits per heavy atom. The molecule has 0 aromatic heterocycles. The molecule has 0 saturated heterocycles. The first-order chi connectivity index (χ1) is 64.6. The summed E-state index contributed by atoms with van der Waals surface area (Å²) in [5.41, 5.74) is 22.3. The largest absolute Gasteiger partial charge is 0.425 e. The van der Waals surface area contributed by atoms with Gasteiger partial charge in [0.2, 0.25) is 14.5 Å². The highest BCUT2D eigenvalue weighted by Gasteiger charge is 2.38. The maximum absolute atomic E-state index is 12.4. The molecule has 0 fully saturated rings. The summed E-state index contributed by atoms with van der Waals surface area (Å²) in [5.74, 6) is -5.70. The van der Waals surface area contributed by atoms with E-state index in [0.717, 1.165) is 37.3 Å². The van der Waals surface area contributed by atoms with E-state index in [2.05, 4.69) is 341 Å². The molecule has 3 aliphatic heterocycles. The minimum absolute atomic E-state index is 0.0683. The van der Waals surface area contributed by atoms with Crippen molar-refractivity contribution in [1.29, 1.82) is 0 Å². The molecule has 3 heterocycles. The van der Waals surface area contributed by atoms with Crippen molar-refractivity contribution >= 4 is 404 Å². The first-order valence-corrected chi connectivity index (χ1v) is 59.5. The zero-order valence-corrected chi connectivity index (χ0v) is 97.7. The highest BCUT2D eigenvalue weighted by molar-refractivity contribution is 14.1. The van der Waals surface area contributed by atoms with Crippen molar-refractivity contribution in [2.75, 3.05) is 22.1 Å². The smallest absolute Gasteiger partial charge is 0.336 e. The SMILES string of the molecule is ICc1ccc(-c2cc(-c3ccc(CI)cc3)cc(-c3ccc(CI)cc3)c2)cc1.ICc1ccc(-c2cc(CI)cc(-c3ccc(CI)cc3)c2)cc1.O=C(CI)Oc1cccc2c(OC(=O)CI)cccc12.O=C(CI)c1cc(C(=O)CI)cc(C(=O)CI)c1.O=C1Oc2cc3c4cc5c(cc4c4cc6c(cc4c3cc2OC(=O)C1Br)OC(=O)C(Br)C(=O)O6)OC(=O)C(Br)C(=O)O5. The van der Waals surface area contributed by atoms with E-state index in [4.69, 9.17) is 37.9 Å². The van der Waals surface area contributed by atoms with Crippen molar-refractivity contribution in [3.63, 3.8) is 0 Å². The molecule has 0 spiro atoms. The van der Waals surface area contributed by atoms with E-state index in [0.29, 0.717) is 73.8 Å². The normalized spacial score (nSPS) is 14.1. The van der Waals surface area contributed by atoms with Gasteiger partial charge in [-0.2, -0.15) is 0 Å². The Labute approximate surface area is 944 Å². The van der Waals surface area contributed by atoms with Crippen molar-refractivity contribution in [2.24, 2.45) is 0 Å². The van der Waals surface area contributed by atoms with Crippen molar-refractivity contribution < 1.29 is 90.6 Å². The van der Waals surface area contributed by atoms with Gasteiger partial charge in [0.1, 0.15) is 11.5 Å². The zero-order valence-electron chi connectivity index (χ0n) is 69.2. The van der Waals surface area contributed by atoms with Crippen LogP contribution in [0.25, 0.3) is 98.7 Å². The molecular formula is C101H66Br3I11O19. The lowest BCUT2D eigenvalue weighted by Crippen LogP contribution is -2.28. The highest BCUT2D eigenvalue weighted by Crippen LogP contribution is 2.50. The Morgan fingerprint density at radius 2 is 0.433 bits per heavy atom. The number of hydrogen-bond donors (Lipinski definition) is 0. The van der Waals surface area contributed by atoms with Crippen LogP contribution < -0.4 is 37.9 Å². The molecule has 0 bridgehead atoms.